The van der Waals surface area contributed by atoms with Crippen molar-refractivity contribution in [2.24, 2.45) is 5.16 Å². The first-order valence-electron chi connectivity index (χ1n) is 24.4. The molecule has 0 unspecified atom stereocenters. The second-order valence-electron chi connectivity index (χ2n) is 16.6. The van der Waals surface area contributed by atoms with Gasteiger partial charge in [-0.3, -0.25) is 19.2 Å². The number of aliphatic carboxylic acids is 1. The number of rotatable bonds is 16. The molecule has 5 N–H and O–H groups in total. The van der Waals surface area contributed by atoms with Gasteiger partial charge >= 0.3 is 24.5 Å². The largest absolute Gasteiger partial charge is 0.479 e. The number of nitrogens with zero attached hydrogens (tertiary/aromatic N) is 6. The van der Waals surface area contributed by atoms with E-state index in [0.29, 0.717) is 39.8 Å². The van der Waals surface area contributed by atoms with Crippen LogP contribution < -0.4 is 9.44 Å². The van der Waals surface area contributed by atoms with E-state index in [-0.39, 0.29) is 68.8 Å². The summed E-state index contributed by atoms with van der Waals surface area (Å²) in [5.41, 5.74) is -2.09. The molecule has 8 rings (SSSR count). The maximum atomic E-state index is 13.4. The lowest BCUT2D eigenvalue weighted by Gasteiger charge is -2.16. The number of carboxylic acids is 1. The SMILES string of the molecule is C.CC.CCN(CC)CC.Cc1ccc(S(=O)(=O)Nc2cc(Cl)cnc2C(=NOCC(=O)O)c2ccnc3[nH]ccc23)cc1C(F)(F)F.Cc1ccc(S(=O)(=O)Nc2cc(Cl)cnc2C(=O)c2ccnc3[nH]ccc23)cc1C(F)(F)F.O=C=O. The molecule has 0 bridgehead atoms. The van der Waals surface area contributed by atoms with Gasteiger partial charge in [-0.1, -0.05) is 82.5 Å². The first-order chi connectivity index (χ1) is 39.1. The third kappa shape index (κ3) is 18.4. The number of carbonyl (C=O) groups excluding carboxylic acids is 3. The van der Waals surface area contributed by atoms with Gasteiger partial charge in [-0.2, -0.15) is 35.9 Å². The molecule has 8 aromatic rings. The van der Waals surface area contributed by atoms with Crippen LogP contribution in [-0.2, 0) is 51.6 Å². The summed E-state index contributed by atoms with van der Waals surface area (Å²) in [6, 6.07) is 13.8. The van der Waals surface area contributed by atoms with Crippen molar-refractivity contribution in [2.75, 3.05) is 35.7 Å². The topological polar surface area (TPSA) is 289 Å². The summed E-state index contributed by atoms with van der Waals surface area (Å²) >= 11 is 12.0. The van der Waals surface area contributed by atoms with Gasteiger partial charge in [-0.05, 0) is 105 Å². The van der Waals surface area contributed by atoms with E-state index in [9.17, 15) is 52.8 Å². The Morgan fingerprint density at radius 1 is 0.667 bits per heavy atom. The first kappa shape index (κ1) is 70.0. The quantitative estimate of drug-likeness (QED) is 0.0260. The lowest BCUT2D eigenvalue weighted by Crippen LogP contribution is -2.21. The molecule has 450 valence electrons. The summed E-state index contributed by atoms with van der Waals surface area (Å²) in [7, 11) is -9.11. The number of aromatic amines is 2. The summed E-state index contributed by atoms with van der Waals surface area (Å²) in [5, 5.41) is 13.9. The molecule has 0 radical (unpaired) electrons. The van der Waals surface area contributed by atoms with Crippen molar-refractivity contribution in [3.05, 3.63) is 165 Å². The Kier molecular flexibility index (Phi) is 25.7. The molecule has 20 nitrogen and oxygen atoms in total. The summed E-state index contributed by atoms with van der Waals surface area (Å²) in [4.78, 5) is 68.7. The predicted molar refractivity (Wildman–Crippen MR) is 304 cm³/mol. The molecule has 0 aliphatic heterocycles. The number of hydrogen-bond acceptors (Lipinski definition) is 15. The third-order valence-electron chi connectivity index (χ3n) is 11.4. The van der Waals surface area contributed by atoms with Gasteiger partial charge in [0, 0.05) is 59.1 Å². The molecule has 0 fully saturated rings. The molecule has 84 heavy (non-hydrogen) atoms. The van der Waals surface area contributed by atoms with E-state index in [1.807, 2.05) is 13.8 Å². The molecule has 0 aliphatic rings. The minimum Gasteiger partial charge on any atom is -0.479 e. The highest BCUT2D eigenvalue weighted by Crippen LogP contribution is 2.36. The lowest BCUT2D eigenvalue weighted by atomic mass is 10.0. The Morgan fingerprint density at radius 2 is 1.07 bits per heavy atom. The monoisotopic (exact) mass is 1250 g/mol. The van der Waals surface area contributed by atoms with Crippen molar-refractivity contribution >= 4 is 100 Å². The van der Waals surface area contributed by atoms with Crippen LogP contribution in [0.25, 0.3) is 22.1 Å². The van der Waals surface area contributed by atoms with Crippen LogP contribution in [-0.4, -0.2) is 107 Å². The molecule has 0 aliphatic carbocycles. The number of sulfonamides is 2. The van der Waals surface area contributed by atoms with Crippen LogP contribution in [0.15, 0.2) is 125 Å². The predicted octanol–water partition coefficient (Wildman–Crippen LogP) is 12.0. The zero-order valence-electron chi connectivity index (χ0n) is 44.9. The third-order valence-corrected chi connectivity index (χ3v) is 14.5. The fraction of sp³-hybridized carbons (Fsp3) is 0.259. The van der Waals surface area contributed by atoms with E-state index in [0.717, 1.165) is 36.5 Å². The number of aryl methyl sites for hydroxylation is 2. The second-order valence-corrected chi connectivity index (χ2v) is 20.8. The normalized spacial score (nSPS) is 11.5. The Labute approximate surface area is 488 Å². The highest BCUT2D eigenvalue weighted by Gasteiger charge is 2.35. The lowest BCUT2D eigenvalue weighted by molar-refractivity contribution is -0.191. The number of oxime groups is 1. The van der Waals surface area contributed by atoms with Gasteiger partial charge in [0.2, 0.25) is 12.4 Å². The van der Waals surface area contributed by atoms with Crippen LogP contribution in [0, 0.1) is 13.8 Å². The molecule has 0 atom stereocenters. The zero-order chi connectivity index (χ0) is 62.0. The highest BCUT2D eigenvalue weighted by atomic mass is 35.5. The van der Waals surface area contributed by atoms with Gasteiger partial charge in [0.1, 0.15) is 28.4 Å². The molecule has 0 saturated carbocycles. The van der Waals surface area contributed by atoms with Crippen LogP contribution in [0.1, 0.15) is 91.6 Å². The Morgan fingerprint density at radius 3 is 1.48 bits per heavy atom. The van der Waals surface area contributed by atoms with Crippen molar-refractivity contribution in [1.29, 1.82) is 0 Å². The van der Waals surface area contributed by atoms with Crippen molar-refractivity contribution in [3.63, 3.8) is 0 Å². The number of aromatic nitrogens is 6. The van der Waals surface area contributed by atoms with E-state index in [1.54, 1.807) is 24.5 Å². The average Bonchev–Trinajstić information content (AvgIpc) is 4.22. The number of H-pyrrole nitrogens is 2. The minimum absolute atomic E-state index is 0. The molecule has 0 saturated heterocycles. The van der Waals surface area contributed by atoms with Crippen LogP contribution in [0.4, 0.5) is 37.7 Å². The van der Waals surface area contributed by atoms with E-state index >= 15 is 0 Å². The number of halogens is 8. The highest BCUT2D eigenvalue weighted by molar-refractivity contribution is 7.93. The van der Waals surface area contributed by atoms with Crippen molar-refractivity contribution < 1.29 is 72.3 Å². The fourth-order valence-corrected chi connectivity index (χ4v) is 9.94. The van der Waals surface area contributed by atoms with Crippen LogP contribution in [0.5, 0.6) is 0 Å². The number of benzene rings is 2. The Hall–Kier alpha value is -8.27. The summed E-state index contributed by atoms with van der Waals surface area (Å²) < 4.78 is 137. The number of carbonyl (C=O) groups is 2. The van der Waals surface area contributed by atoms with Gasteiger partial charge in [0.05, 0.1) is 42.3 Å². The van der Waals surface area contributed by atoms with Crippen LogP contribution >= 0.6 is 23.2 Å². The maximum Gasteiger partial charge on any atom is 0.416 e. The average molecular weight is 1250 g/mol. The van der Waals surface area contributed by atoms with Gasteiger partial charge < -0.3 is 24.8 Å². The van der Waals surface area contributed by atoms with Gasteiger partial charge in [-0.15, -0.1) is 0 Å². The summed E-state index contributed by atoms with van der Waals surface area (Å²) in [6.45, 7) is 15.7. The maximum absolute atomic E-state index is 13.4. The van der Waals surface area contributed by atoms with Crippen molar-refractivity contribution in [1.82, 2.24) is 34.8 Å². The minimum atomic E-state index is -4.77. The number of ketones is 1. The zero-order valence-corrected chi connectivity index (χ0v) is 48.0. The van der Waals surface area contributed by atoms with Crippen molar-refractivity contribution in [3.8, 4) is 0 Å². The molecular formula is C54H56Cl2F6N10O10S2. The van der Waals surface area contributed by atoms with Crippen molar-refractivity contribution in [2.45, 2.75) is 78.0 Å². The van der Waals surface area contributed by atoms with Gasteiger partial charge in [-0.25, -0.2) is 36.6 Å². The van der Waals surface area contributed by atoms with Crippen LogP contribution in [0.2, 0.25) is 10.0 Å². The summed E-state index contributed by atoms with van der Waals surface area (Å²) in [5.74, 6) is -1.95. The number of hydrogen-bond donors (Lipinski definition) is 5. The Bertz CT molecular complexity index is 3870. The standard InChI is InChI=1S/C23H17ClF3N5O5S.C21H14ClF3N4O3S.C6H15N.C2H6.CO2.CH4/c1-12-2-3-14(9-17(12)23(25,26)27)38(35,36)32-18-8-13(24)10-30-21(18)20(31-37-11-19(33)34)15-4-6-28-22-16(15)5-7-29-22;1-11-2-3-13(9-16(11)21(23,24)25)33(31,32)29-17-8-12(22)10-28-18(17)19(30)14-4-6-26-20-15(14)5-7-27-20;1-4-7(5-2)6-3;1-2;2-1-3;/h2-10,32H,11H2,1H3,(H,28,29)(H,33,34);2-10,29H,1H3,(H,26,27);4-6H2,1-3H3;1-2H3;;1H4. The molecular weight excluding hydrogens is 1200 g/mol. The fourth-order valence-electron chi connectivity index (χ4n) is 7.46. The van der Waals surface area contributed by atoms with Gasteiger partial charge in [0.25, 0.3) is 20.0 Å². The second kappa shape index (κ2) is 30.9. The number of nitrogens with one attached hydrogen (secondary N) is 4. The number of pyridine rings is 4. The molecule has 6 heterocycles. The molecule has 0 amide bonds. The Balaban J connectivity index is 0.000000368. The van der Waals surface area contributed by atoms with E-state index < -0.39 is 71.7 Å². The molecule has 2 aromatic carbocycles. The van der Waals surface area contributed by atoms with Crippen LogP contribution in [0.3, 0.4) is 0 Å². The van der Waals surface area contributed by atoms with E-state index in [2.05, 4.69) is 70.2 Å². The number of anilines is 2. The summed E-state index contributed by atoms with van der Waals surface area (Å²) in [6.07, 6.45) is -0.919. The number of alkyl halides is 6. The first-order valence-corrected chi connectivity index (χ1v) is 28.1. The molecule has 0 spiro atoms. The van der Waals surface area contributed by atoms with E-state index in [1.165, 1.54) is 70.3 Å². The smallest absolute Gasteiger partial charge is 0.416 e. The molecule has 6 aromatic heterocycles. The van der Waals surface area contributed by atoms with E-state index in [4.69, 9.17) is 42.7 Å². The molecule has 30 heteroatoms. The van der Waals surface area contributed by atoms with Gasteiger partial charge in [0.15, 0.2) is 0 Å². The number of fused-ring (bicyclic) bond motifs is 2. The number of carboxylic acid groups (broad SMARTS) is 1.